The first-order valence-electron chi connectivity index (χ1n) is 7.11. The standard InChI is InChI=1S/C14H28N2/c1-4-15-11(2)9-16(3)10-14-8-12-5-6-13(14)7-12/h11-15H,4-10H2,1-3H3. The first-order valence-corrected chi connectivity index (χ1v) is 7.11. The van der Waals surface area contributed by atoms with Gasteiger partial charge in [-0.25, -0.2) is 0 Å². The van der Waals surface area contributed by atoms with E-state index < -0.39 is 0 Å². The molecule has 16 heavy (non-hydrogen) atoms. The van der Waals surface area contributed by atoms with Crippen LogP contribution >= 0.6 is 0 Å². The second-order valence-electron chi connectivity index (χ2n) is 6.11. The van der Waals surface area contributed by atoms with E-state index in [2.05, 4.69) is 31.1 Å². The molecule has 2 saturated carbocycles. The number of likely N-dealkylation sites (N-methyl/N-ethyl adjacent to an activating group) is 2. The summed E-state index contributed by atoms with van der Waals surface area (Å²) in [6.45, 7) is 8.09. The average Bonchev–Trinajstić information content (AvgIpc) is 2.78. The molecule has 4 atom stereocenters. The third kappa shape index (κ3) is 2.98. The maximum absolute atomic E-state index is 3.49. The van der Waals surface area contributed by atoms with Crippen molar-refractivity contribution in [3.63, 3.8) is 0 Å². The van der Waals surface area contributed by atoms with Crippen LogP contribution in [0.4, 0.5) is 0 Å². The van der Waals surface area contributed by atoms with Gasteiger partial charge in [0, 0.05) is 19.1 Å². The van der Waals surface area contributed by atoms with Gasteiger partial charge in [0.25, 0.3) is 0 Å². The summed E-state index contributed by atoms with van der Waals surface area (Å²) >= 11 is 0. The minimum Gasteiger partial charge on any atom is -0.313 e. The topological polar surface area (TPSA) is 15.3 Å². The lowest BCUT2D eigenvalue weighted by molar-refractivity contribution is 0.207. The number of hydrogen-bond acceptors (Lipinski definition) is 2. The minimum atomic E-state index is 0.633. The van der Waals surface area contributed by atoms with Crippen molar-refractivity contribution in [1.29, 1.82) is 0 Å². The summed E-state index contributed by atoms with van der Waals surface area (Å²) in [6, 6.07) is 0.633. The maximum Gasteiger partial charge on any atom is 0.0166 e. The van der Waals surface area contributed by atoms with Gasteiger partial charge < -0.3 is 10.2 Å². The van der Waals surface area contributed by atoms with Crippen LogP contribution in [0.3, 0.4) is 0 Å². The average molecular weight is 224 g/mol. The highest BCUT2D eigenvalue weighted by Gasteiger charge is 2.39. The predicted molar refractivity (Wildman–Crippen MR) is 69.6 cm³/mol. The Morgan fingerprint density at radius 1 is 1.31 bits per heavy atom. The summed E-state index contributed by atoms with van der Waals surface area (Å²) in [4.78, 5) is 2.54. The quantitative estimate of drug-likeness (QED) is 0.745. The van der Waals surface area contributed by atoms with Gasteiger partial charge in [0.1, 0.15) is 0 Å². The van der Waals surface area contributed by atoms with Gasteiger partial charge in [-0.05, 0) is 57.5 Å². The van der Waals surface area contributed by atoms with Crippen LogP contribution in [0.2, 0.25) is 0 Å². The van der Waals surface area contributed by atoms with Crippen LogP contribution in [0.25, 0.3) is 0 Å². The van der Waals surface area contributed by atoms with Crippen LogP contribution in [0.5, 0.6) is 0 Å². The van der Waals surface area contributed by atoms with Crippen LogP contribution in [0.15, 0.2) is 0 Å². The van der Waals surface area contributed by atoms with Gasteiger partial charge >= 0.3 is 0 Å². The summed E-state index contributed by atoms with van der Waals surface area (Å²) in [5.41, 5.74) is 0. The van der Waals surface area contributed by atoms with E-state index >= 15 is 0 Å². The first kappa shape index (κ1) is 12.4. The van der Waals surface area contributed by atoms with Gasteiger partial charge in [0.05, 0.1) is 0 Å². The van der Waals surface area contributed by atoms with Crippen LogP contribution in [0, 0.1) is 17.8 Å². The SMILES string of the molecule is CCNC(C)CN(C)CC1CC2CCC1C2. The normalized spacial score (nSPS) is 34.9. The van der Waals surface area contributed by atoms with Crippen molar-refractivity contribution < 1.29 is 0 Å². The molecule has 2 heteroatoms. The molecule has 0 saturated heterocycles. The molecule has 2 aliphatic rings. The molecule has 2 rings (SSSR count). The summed E-state index contributed by atoms with van der Waals surface area (Å²) < 4.78 is 0. The van der Waals surface area contributed by atoms with Crippen molar-refractivity contribution in [2.75, 3.05) is 26.7 Å². The molecule has 0 spiro atoms. The van der Waals surface area contributed by atoms with Crippen molar-refractivity contribution in [1.82, 2.24) is 10.2 Å². The third-order valence-corrected chi connectivity index (χ3v) is 4.57. The van der Waals surface area contributed by atoms with Crippen molar-refractivity contribution >= 4 is 0 Å². The van der Waals surface area contributed by atoms with Crippen molar-refractivity contribution in [2.24, 2.45) is 17.8 Å². The van der Waals surface area contributed by atoms with Gasteiger partial charge in [-0.2, -0.15) is 0 Å². The van der Waals surface area contributed by atoms with E-state index in [0.717, 1.165) is 24.3 Å². The molecule has 0 amide bonds. The Hall–Kier alpha value is -0.0800. The number of rotatable bonds is 6. The van der Waals surface area contributed by atoms with Gasteiger partial charge in [-0.15, -0.1) is 0 Å². The Morgan fingerprint density at radius 3 is 2.69 bits per heavy atom. The summed E-state index contributed by atoms with van der Waals surface area (Å²) in [7, 11) is 2.29. The zero-order chi connectivity index (χ0) is 11.5. The smallest absolute Gasteiger partial charge is 0.0166 e. The zero-order valence-electron chi connectivity index (χ0n) is 11.2. The van der Waals surface area contributed by atoms with E-state index in [1.165, 1.54) is 32.4 Å². The highest BCUT2D eigenvalue weighted by Crippen LogP contribution is 2.48. The van der Waals surface area contributed by atoms with Crippen LogP contribution in [-0.4, -0.2) is 37.6 Å². The summed E-state index contributed by atoms with van der Waals surface area (Å²) in [5, 5.41) is 3.49. The van der Waals surface area contributed by atoms with Crippen molar-refractivity contribution in [2.45, 2.75) is 45.6 Å². The highest BCUT2D eigenvalue weighted by atomic mass is 15.1. The third-order valence-electron chi connectivity index (χ3n) is 4.57. The van der Waals surface area contributed by atoms with E-state index in [-0.39, 0.29) is 0 Å². The largest absolute Gasteiger partial charge is 0.313 e. The Morgan fingerprint density at radius 2 is 2.12 bits per heavy atom. The summed E-state index contributed by atoms with van der Waals surface area (Å²) in [5.74, 6) is 3.18. The monoisotopic (exact) mass is 224 g/mol. The van der Waals surface area contributed by atoms with Gasteiger partial charge in [-0.1, -0.05) is 13.3 Å². The van der Waals surface area contributed by atoms with E-state index in [1.807, 2.05) is 0 Å². The molecule has 0 aromatic heterocycles. The van der Waals surface area contributed by atoms with E-state index in [1.54, 1.807) is 6.42 Å². The number of nitrogens with one attached hydrogen (secondary N) is 1. The van der Waals surface area contributed by atoms with E-state index in [0.29, 0.717) is 6.04 Å². The van der Waals surface area contributed by atoms with Crippen LogP contribution < -0.4 is 5.32 Å². The zero-order valence-corrected chi connectivity index (χ0v) is 11.2. The van der Waals surface area contributed by atoms with E-state index in [9.17, 15) is 0 Å². The van der Waals surface area contributed by atoms with Gasteiger partial charge in [0.2, 0.25) is 0 Å². The molecule has 2 aliphatic carbocycles. The van der Waals surface area contributed by atoms with Crippen LogP contribution in [-0.2, 0) is 0 Å². The first-order chi connectivity index (χ1) is 7.69. The molecule has 0 heterocycles. The molecular formula is C14H28N2. The van der Waals surface area contributed by atoms with Crippen LogP contribution in [0.1, 0.15) is 39.5 Å². The predicted octanol–water partition coefficient (Wildman–Crippen LogP) is 2.35. The maximum atomic E-state index is 3.49. The molecule has 2 fully saturated rings. The fourth-order valence-corrected chi connectivity index (χ4v) is 3.96. The lowest BCUT2D eigenvalue weighted by atomic mass is 9.88. The fourth-order valence-electron chi connectivity index (χ4n) is 3.96. The number of fused-ring (bicyclic) bond motifs is 2. The molecule has 0 aliphatic heterocycles. The Bertz CT molecular complexity index is 217. The molecule has 2 nitrogen and oxygen atoms in total. The molecule has 1 N–H and O–H groups in total. The fraction of sp³-hybridized carbons (Fsp3) is 1.00. The second-order valence-corrected chi connectivity index (χ2v) is 6.11. The molecule has 0 aromatic rings. The minimum absolute atomic E-state index is 0.633. The van der Waals surface area contributed by atoms with Crippen molar-refractivity contribution in [3.8, 4) is 0 Å². The molecular weight excluding hydrogens is 196 g/mol. The van der Waals surface area contributed by atoms with E-state index in [4.69, 9.17) is 0 Å². The lowest BCUT2D eigenvalue weighted by Gasteiger charge is -2.29. The Balaban J connectivity index is 1.69. The van der Waals surface area contributed by atoms with Gasteiger partial charge in [-0.3, -0.25) is 0 Å². The Labute approximate surface area is 101 Å². The van der Waals surface area contributed by atoms with Gasteiger partial charge in [0.15, 0.2) is 0 Å². The molecule has 2 bridgehead atoms. The number of hydrogen-bond donors (Lipinski definition) is 1. The molecule has 0 radical (unpaired) electrons. The molecule has 0 aromatic carbocycles. The highest BCUT2D eigenvalue weighted by molar-refractivity contribution is 4.91. The second kappa shape index (κ2) is 5.50. The number of nitrogens with zero attached hydrogens (tertiary/aromatic N) is 1. The summed E-state index contributed by atoms with van der Waals surface area (Å²) in [6.07, 6.45) is 6.11. The molecule has 94 valence electrons. The Kier molecular flexibility index (Phi) is 4.26. The molecule has 4 unspecified atom stereocenters. The van der Waals surface area contributed by atoms with Crippen molar-refractivity contribution in [3.05, 3.63) is 0 Å². The lowest BCUT2D eigenvalue weighted by Crippen LogP contribution is -2.39.